The minimum absolute atomic E-state index is 0. The van der Waals surface area contributed by atoms with Gasteiger partial charge >= 0.3 is 0 Å². The van der Waals surface area contributed by atoms with Crippen molar-refractivity contribution >= 4 is 18.2 Å². The van der Waals surface area contributed by atoms with Crippen molar-refractivity contribution in [1.82, 2.24) is 4.90 Å². The summed E-state index contributed by atoms with van der Waals surface area (Å²) in [7, 11) is 0. The Balaban J connectivity index is 0.00000280. The van der Waals surface area contributed by atoms with E-state index in [-0.39, 0.29) is 18.0 Å². The molecule has 0 radical (unpaired) electrons. The lowest BCUT2D eigenvalue weighted by Gasteiger charge is -2.34. The lowest BCUT2D eigenvalue weighted by Crippen LogP contribution is -2.43. The van der Waals surface area contributed by atoms with E-state index < -0.39 is 29.5 Å². The number of carbonyl (C=O) groups excluding carboxylic acids is 1. The van der Waals surface area contributed by atoms with E-state index in [1.54, 1.807) is 23.1 Å². The molecule has 5 nitrogen and oxygen atoms in total. The number of hydrogen-bond donors (Lipinski definition) is 0. The number of rotatable bonds is 7. The van der Waals surface area contributed by atoms with Crippen LogP contribution in [0.3, 0.4) is 0 Å². The Hall–Kier alpha value is -2.31. The van der Waals surface area contributed by atoms with E-state index >= 15 is 0 Å². The first kappa shape index (κ1) is 22.0. The molecule has 1 fully saturated rings. The zero-order valence-electron chi connectivity index (χ0n) is 15.4. The number of hydrogen-bond acceptors (Lipinski definition) is 4. The van der Waals surface area contributed by atoms with Gasteiger partial charge in [0.05, 0.1) is 6.42 Å². The highest BCUT2D eigenvalue weighted by molar-refractivity contribution is 5.99. The SMILES string of the molecule is Cl.O=C(c1ccccc1)C(CC(F)N1CCC(c2ccccc2)CC1)[N+](=O)[O-]. The van der Waals surface area contributed by atoms with E-state index in [0.29, 0.717) is 19.0 Å². The zero-order valence-corrected chi connectivity index (χ0v) is 16.3. The topological polar surface area (TPSA) is 63.5 Å². The van der Waals surface area contributed by atoms with Crippen molar-refractivity contribution in [3.63, 3.8) is 0 Å². The van der Waals surface area contributed by atoms with Crippen LogP contribution in [0, 0.1) is 10.1 Å². The van der Waals surface area contributed by atoms with E-state index in [1.807, 2.05) is 18.2 Å². The Labute approximate surface area is 170 Å². The second kappa shape index (κ2) is 10.3. The summed E-state index contributed by atoms with van der Waals surface area (Å²) in [5.74, 6) is -0.255. The Kier molecular flexibility index (Phi) is 8.08. The van der Waals surface area contributed by atoms with E-state index in [4.69, 9.17) is 0 Å². The second-order valence-corrected chi connectivity index (χ2v) is 6.92. The molecule has 150 valence electrons. The molecule has 1 aliphatic rings. The number of ketones is 1. The third-order valence-corrected chi connectivity index (χ3v) is 5.23. The monoisotopic (exact) mass is 406 g/mol. The molecule has 0 amide bonds. The summed E-state index contributed by atoms with van der Waals surface area (Å²) in [4.78, 5) is 24.7. The van der Waals surface area contributed by atoms with Gasteiger partial charge in [-0.25, -0.2) is 4.39 Å². The second-order valence-electron chi connectivity index (χ2n) is 6.92. The smallest absolute Gasteiger partial charge is 0.278 e. The van der Waals surface area contributed by atoms with Crippen molar-refractivity contribution in [1.29, 1.82) is 0 Å². The maximum Gasteiger partial charge on any atom is 0.278 e. The molecule has 1 saturated heterocycles. The van der Waals surface area contributed by atoms with Gasteiger partial charge in [-0.1, -0.05) is 60.7 Å². The van der Waals surface area contributed by atoms with Crippen LogP contribution >= 0.6 is 12.4 Å². The Morgan fingerprint density at radius 3 is 2.14 bits per heavy atom. The van der Waals surface area contributed by atoms with E-state index in [0.717, 1.165) is 12.8 Å². The average Bonchev–Trinajstić information content (AvgIpc) is 2.72. The van der Waals surface area contributed by atoms with Crippen LogP contribution < -0.4 is 0 Å². The zero-order chi connectivity index (χ0) is 19.2. The normalized spacial score (nSPS) is 17.3. The number of likely N-dealkylation sites (tertiary alicyclic amines) is 1. The number of alkyl halides is 1. The number of Topliss-reactive ketones (excluding diaryl/α,β-unsaturated/α-hetero) is 1. The lowest BCUT2D eigenvalue weighted by molar-refractivity contribution is -0.508. The van der Waals surface area contributed by atoms with Crippen LogP contribution in [0.4, 0.5) is 4.39 Å². The van der Waals surface area contributed by atoms with Crippen LogP contribution in [0.15, 0.2) is 60.7 Å². The van der Waals surface area contributed by atoms with Gasteiger partial charge in [0.25, 0.3) is 6.04 Å². The van der Waals surface area contributed by atoms with Crippen LogP contribution in [-0.2, 0) is 0 Å². The fourth-order valence-corrected chi connectivity index (χ4v) is 3.66. The molecule has 2 aromatic rings. The van der Waals surface area contributed by atoms with Crippen LogP contribution in [0.5, 0.6) is 0 Å². The summed E-state index contributed by atoms with van der Waals surface area (Å²) < 4.78 is 14.8. The van der Waals surface area contributed by atoms with Crippen LogP contribution in [0.2, 0.25) is 0 Å². The van der Waals surface area contributed by atoms with Crippen molar-refractivity contribution in [3.8, 4) is 0 Å². The minimum atomic E-state index is -1.56. The standard InChI is InChI=1S/C21H23FN2O3.ClH/c22-20(15-19(24(26)27)21(25)18-9-5-2-6-10-18)23-13-11-17(12-14-23)16-7-3-1-4-8-16;/h1-10,17,19-20H,11-15H2;1H. The highest BCUT2D eigenvalue weighted by atomic mass is 35.5. The molecular weight excluding hydrogens is 383 g/mol. The summed E-state index contributed by atoms with van der Waals surface area (Å²) in [6, 6.07) is 16.6. The van der Waals surface area contributed by atoms with Crippen LogP contribution in [0.25, 0.3) is 0 Å². The van der Waals surface area contributed by atoms with Gasteiger partial charge in [-0.3, -0.25) is 19.8 Å². The van der Waals surface area contributed by atoms with Gasteiger partial charge in [-0.2, -0.15) is 0 Å². The van der Waals surface area contributed by atoms with Gasteiger partial charge in [-0.05, 0) is 24.3 Å². The number of piperidine rings is 1. The first-order valence-corrected chi connectivity index (χ1v) is 9.22. The average molecular weight is 407 g/mol. The van der Waals surface area contributed by atoms with Crippen LogP contribution in [0.1, 0.15) is 41.1 Å². The van der Waals surface area contributed by atoms with Gasteiger partial charge in [0, 0.05) is 23.6 Å². The molecule has 1 aliphatic heterocycles. The molecule has 1 heterocycles. The van der Waals surface area contributed by atoms with Gasteiger partial charge in [0.1, 0.15) is 0 Å². The quantitative estimate of drug-likeness (QED) is 0.294. The molecule has 2 atom stereocenters. The van der Waals surface area contributed by atoms with Crippen molar-refractivity contribution in [2.75, 3.05) is 13.1 Å². The third-order valence-electron chi connectivity index (χ3n) is 5.23. The number of nitro groups is 1. The minimum Gasteiger partial charge on any atom is -0.286 e. The summed E-state index contributed by atoms with van der Waals surface area (Å²) in [6.45, 7) is 1.06. The molecule has 3 rings (SSSR count). The highest BCUT2D eigenvalue weighted by Crippen LogP contribution is 2.29. The van der Waals surface area contributed by atoms with Crippen molar-refractivity contribution in [3.05, 3.63) is 81.9 Å². The van der Waals surface area contributed by atoms with E-state index in [2.05, 4.69) is 12.1 Å². The van der Waals surface area contributed by atoms with Crippen molar-refractivity contribution in [2.45, 2.75) is 37.5 Å². The molecule has 0 N–H and O–H groups in total. The first-order chi connectivity index (χ1) is 13.1. The van der Waals surface area contributed by atoms with E-state index in [9.17, 15) is 19.3 Å². The Morgan fingerprint density at radius 2 is 1.61 bits per heavy atom. The number of nitrogens with zero attached hydrogens (tertiary/aromatic N) is 2. The van der Waals surface area contributed by atoms with Crippen molar-refractivity contribution in [2.24, 2.45) is 0 Å². The Morgan fingerprint density at radius 1 is 1.07 bits per heavy atom. The molecule has 0 saturated carbocycles. The fraction of sp³-hybridized carbons (Fsp3) is 0.381. The van der Waals surface area contributed by atoms with Gasteiger partial charge in [0.2, 0.25) is 5.78 Å². The maximum absolute atomic E-state index is 14.8. The fourth-order valence-electron chi connectivity index (χ4n) is 3.66. The summed E-state index contributed by atoms with van der Waals surface area (Å²) in [6.07, 6.45) is -0.304. The van der Waals surface area contributed by atoms with Gasteiger partial charge in [0.15, 0.2) is 6.30 Å². The number of halogens is 2. The molecule has 7 heteroatoms. The molecular formula is C21H24ClFN2O3. The van der Waals surface area contributed by atoms with Crippen LogP contribution in [-0.4, -0.2) is 41.0 Å². The molecule has 0 bridgehead atoms. The summed E-state index contributed by atoms with van der Waals surface area (Å²) in [5, 5.41) is 11.4. The Bertz CT molecular complexity index is 768. The highest BCUT2D eigenvalue weighted by Gasteiger charge is 2.36. The largest absolute Gasteiger partial charge is 0.286 e. The number of carbonyl (C=O) groups is 1. The summed E-state index contributed by atoms with van der Waals surface area (Å²) >= 11 is 0. The summed E-state index contributed by atoms with van der Waals surface area (Å²) in [5.41, 5.74) is 1.49. The molecule has 2 aromatic carbocycles. The maximum atomic E-state index is 14.8. The van der Waals surface area contributed by atoms with Gasteiger partial charge in [-0.15, -0.1) is 12.4 Å². The molecule has 2 unspecified atom stereocenters. The molecule has 0 spiro atoms. The predicted molar refractivity (Wildman–Crippen MR) is 108 cm³/mol. The van der Waals surface area contributed by atoms with Crippen molar-refractivity contribution < 1.29 is 14.1 Å². The first-order valence-electron chi connectivity index (χ1n) is 9.22. The van der Waals surface area contributed by atoms with Gasteiger partial charge < -0.3 is 0 Å². The molecule has 28 heavy (non-hydrogen) atoms. The molecule has 0 aliphatic carbocycles. The third kappa shape index (κ3) is 5.36. The van der Waals surface area contributed by atoms with E-state index in [1.165, 1.54) is 17.7 Å². The number of benzene rings is 2. The lowest BCUT2D eigenvalue weighted by atomic mass is 9.89. The predicted octanol–water partition coefficient (Wildman–Crippen LogP) is 4.50. The molecule has 0 aromatic heterocycles.